The van der Waals surface area contributed by atoms with E-state index in [0.717, 1.165) is 11.7 Å². The normalized spacial score (nSPS) is 28.5. The average Bonchev–Trinajstić information content (AvgIpc) is 3.06. The van der Waals surface area contributed by atoms with Gasteiger partial charge in [0.1, 0.15) is 11.6 Å². The van der Waals surface area contributed by atoms with E-state index in [1.54, 1.807) is 0 Å². The molecule has 2 N–H and O–H groups in total. The van der Waals surface area contributed by atoms with Crippen molar-refractivity contribution in [2.45, 2.75) is 57.3 Å². The molecule has 1 aromatic rings. The Kier molecular flexibility index (Phi) is 2.77. The van der Waals surface area contributed by atoms with Crippen LogP contribution in [-0.4, -0.2) is 9.97 Å². The first-order valence-corrected chi connectivity index (χ1v) is 6.90. The number of rotatable bonds is 3. The zero-order valence-electron chi connectivity index (χ0n) is 10.5. The van der Waals surface area contributed by atoms with Gasteiger partial charge in [0.05, 0.1) is 0 Å². The quantitative estimate of drug-likeness (QED) is 0.869. The fourth-order valence-corrected chi connectivity index (χ4v) is 2.96. The van der Waals surface area contributed by atoms with Crippen molar-refractivity contribution in [1.29, 1.82) is 0 Å². The lowest BCUT2D eigenvalue weighted by molar-refractivity contribution is 0.516. The Morgan fingerprint density at radius 2 is 1.94 bits per heavy atom. The van der Waals surface area contributed by atoms with Crippen molar-refractivity contribution in [2.75, 3.05) is 5.73 Å². The maximum absolute atomic E-state index is 5.91. The van der Waals surface area contributed by atoms with Crippen molar-refractivity contribution in [1.82, 2.24) is 9.97 Å². The second-order valence-electron chi connectivity index (χ2n) is 5.63. The third-order valence-electron chi connectivity index (χ3n) is 4.26. The minimum Gasteiger partial charge on any atom is -0.384 e. The van der Waals surface area contributed by atoms with Crippen molar-refractivity contribution in [3.8, 4) is 0 Å². The zero-order valence-corrected chi connectivity index (χ0v) is 10.5. The van der Waals surface area contributed by atoms with Crippen molar-refractivity contribution in [3.63, 3.8) is 0 Å². The van der Waals surface area contributed by atoms with Gasteiger partial charge in [0.25, 0.3) is 0 Å². The lowest BCUT2D eigenvalue weighted by atomic mass is 10.0. The van der Waals surface area contributed by atoms with E-state index < -0.39 is 0 Å². The third kappa shape index (κ3) is 2.28. The molecule has 2 atom stereocenters. The molecule has 3 nitrogen and oxygen atoms in total. The van der Waals surface area contributed by atoms with Crippen LogP contribution in [0.3, 0.4) is 0 Å². The van der Waals surface area contributed by atoms with Gasteiger partial charge in [-0.15, -0.1) is 0 Å². The Bertz CT molecular complexity index is 412. The monoisotopic (exact) mass is 231 g/mol. The summed E-state index contributed by atoms with van der Waals surface area (Å²) < 4.78 is 0. The van der Waals surface area contributed by atoms with E-state index >= 15 is 0 Å². The largest absolute Gasteiger partial charge is 0.384 e. The zero-order chi connectivity index (χ0) is 11.8. The van der Waals surface area contributed by atoms with Gasteiger partial charge in [0, 0.05) is 23.6 Å². The molecular weight excluding hydrogens is 210 g/mol. The Morgan fingerprint density at radius 1 is 1.18 bits per heavy atom. The molecule has 2 unspecified atom stereocenters. The van der Waals surface area contributed by atoms with Gasteiger partial charge in [-0.05, 0) is 38.0 Å². The summed E-state index contributed by atoms with van der Waals surface area (Å²) in [6.07, 6.45) is 7.67. The highest BCUT2D eigenvalue weighted by atomic mass is 15.0. The summed E-state index contributed by atoms with van der Waals surface area (Å²) in [5.41, 5.74) is 7.10. The lowest BCUT2D eigenvalue weighted by Crippen LogP contribution is -2.06. The Labute approximate surface area is 103 Å². The van der Waals surface area contributed by atoms with E-state index in [9.17, 15) is 0 Å². The van der Waals surface area contributed by atoms with Gasteiger partial charge in [0.15, 0.2) is 0 Å². The van der Waals surface area contributed by atoms with Crippen LogP contribution in [0.4, 0.5) is 5.82 Å². The summed E-state index contributed by atoms with van der Waals surface area (Å²) in [6, 6.07) is 1.97. The molecule has 17 heavy (non-hydrogen) atoms. The van der Waals surface area contributed by atoms with E-state index in [2.05, 4.69) is 11.9 Å². The summed E-state index contributed by atoms with van der Waals surface area (Å²) >= 11 is 0. The Balaban J connectivity index is 1.82. The molecule has 2 aliphatic rings. The van der Waals surface area contributed by atoms with Crippen molar-refractivity contribution in [2.24, 2.45) is 5.92 Å². The van der Waals surface area contributed by atoms with Crippen LogP contribution in [-0.2, 0) is 0 Å². The molecule has 1 heterocycles. The highest BCUT2D eigenvalue weighted by molar-refractivity contribution is 5.33. The maximum Gasteiger partial charge on any atom is 0.134 e. The molecule has 0 saturated heterocycles. The van der Waals surface area contributed by atoms with Crippen molar-refractivity contribution >= 4 is 5.82 Å². The summed E-state index contributed by atoms with van der Waals surface area (Å²) in [5.74, 6) is 3.78. The smallest absolute Gasteiger partial charge is 0.134 e. The summed E-state index contributed by atoms with van der Waals surface area (Å²) in [6.45, 7) is 2.28. The predicted molar refractivity (Wildman–Crippen MR) is 68.8 cm³/mol. The van der Waals surface area contributed by atoms with Gasteiger partial charge in [0.2, 0.25) is 0 Å². The second kappa shape index (κ2) is 4.28. The first-order valence-electron chi connectivity index (χ1n) is 6.90. The number of anilines is 1. The van der Waals surface area contributed by atoms with Crippen LogP contribution in [0.15, 0.2) is 6.07 Å². The van der Waals surface area contributed by atoms with Crippen molar-refractivity contribution in [3.05, 3.63) is 17.6 Å². The predicted octanol–water partition coefficient (Wildman–Crippen LogP) is 3.23. The first-order chi connectivity index (χ1) is 8.26. The summed E-state index contributed by atoms with van der Waals surface area (Å²) in [5, 5.41) is 0. The van der Waals surface area contributed by atoms with Crippen LogP contribution in [0.1, 0.15) is 68.8 Å². The molecular formula is C14H21N3. The van der Waals surface area contributed by atoms with Crippen molar-refractivity contribution < 1.29 is 0 Å². The molecule has 1 aromatic heterocycles. The molecule has 0 radical (unpaired) electrons. The minimum absolute atomic E-state index is 0.556. The minimum atomic E-state index is 0.556. The van der Waals surface area contributed by atoms with Gasteiger partial charge in [-0.25, -0.2) is 9.97 Å². The molecule has 0 spiro atoms. The molecule has 2 fully saturated rings. The number of nitrogens with two attached hydrogens (primary N) is 1. The number of nitrogens with zero attached hydrogens (tertiary/aromatic N) is 2. The summed E-state index contributed by atoms with van der Waals surface area (Å²) in [4.78, 5) is 9.22. The van der Waals surface area contributed by atoms with Crippen LogP contribution in [0.5, 0.6) is 0 Å². The number of nitrogen functional groups attached to an aromatic ring is 1. The number of hydrogen-bond donors (Lipinski definition) is 1. The number of hydrogen-bond acceptors (Lipinski definition) is 3. The van der Waals surface area contributed by atoms with Gasteiger partial charge < -0.3 is 5.73 Å². The highest BCUT2D eigenvalue weighted by Gasteiger charge is 2.30. The molecule has 2 saturated carbocycles. The SMILES string of the molecule is CCC1CCC(c2nc(N)cc(C3CC3)n2)C1. The van der Waals surface area contributed by atoms with Gasteiger partial charge in [-0.1, -0.05) is 13.3 Å². The average molecular weight is 231 g/mol. The van der Waals surface area contributed by atoms with Crippen LogP contribution in [0.25, 0.3) is 0 Å². The van der Waals surface area contributed by atoms with Crippen LogP contribution < -0.4 is 5.73 Å². The van der Waals surface area contributed by atoms with E-state index in [0.29, 0.717) is 17.7 Å². The van der Waals surface area contributed by atoms with Gasteiger partial charge >= 0.3 is 0 Å². The highest BCUT2D eigenvalue weighted by Crippen LogP contribution is 2.42. The molecule has 0 bridgehead atoms. The van der Waals surface area contributed by atoms with E-state index in [1.807, 2.05) is 6.07 Å². The van der Waals surface area contributed by atoms with E-state index in [-0.39, 0.29) is 0 Å². The lowest BCUT2D eigenvalue weighted by Gasteiger charge is -2.11. The fourth-order valence-electron chi connectivity index (χ4n) is 2.96. The second-order valence-corrected chi connectivity index (χ2v) is 5.63. The third-order valence-corrected chi connectivity index (χ3v) is 4.26. The van der Waals surface area contributed by atoms with Gasteiger partial charge in [-0.3, -0.25) is 0 Å². The molecule has 92 valence electrons. The van der Waals surface area contributed by atoms with Gasteiger partial charge in [-0.2, -0.15) is 0 Å². The molecule has 2 aliphatic carbocycles. The van der Waals surface area contributed by atoms with E-state index in [1.165, 1.54) is 44.2 Å². The Morgan fingerprint density at radius 3 is 2.59 bits per heavy atom. The van der Waals surface area contributed by atoms with E-state index in [4.69, 9.17) is 10.7 Å². The Hall–Kier alpha value is -1.12. The standard InChI is InChI=1S/C14H21N3/c1-2-9-3-4-11(7-9)14-16-12(10-5-6-10)8-13(15)17-14/h8-11H,2-7H2,1H3,(H2,15,16,17). The van der Waals surface area contributed by atoms with Crippen LogP contribution >= 0.6 is 0 Å². The maximum atomic E-state index is 5.91. The molecule has 3 heteroatoms. The molecule has 0 amide bonds. The molecule has 0 aliphatic heterocycles. The molecule has 3 rings (SSSR count). The summed E-state index contributed by atoms with van der Waals surface area (Å²) in [7, 11) is 0. The number of aromatic nitrogens is 2. The molecule has 0 aromatic carbocycles. The van der Waals surface area contributed by atoms with Crippen LogP contribution in [0, 0.1) is 5.92 Å². The first kappa shape index (κ1) is 11.0. The fraction of sp³-hybridized carbons (Fsp3) is 0.714. The van der Waals surface area contributed by atoms with Crippen LogP contribution in [0.2, 0.25) is 0 Å². The topological polar surface area (TPSA) is 51.8 Å².